The van der Waals surface area contributed by atoms with Gasteiger partial charge in [0.15, 0.2) is 0 Å². The minimum Gasteiger partial charge on any atom is -0.444 e. The molecule has 28 heavy (non-hydrogen) atoms. The summed E-state index contributed by atoms with van der Waals surface area (Å²) >= 11 is 0. The Morgan fingerprint density at radius 1 is 1.11 bits per heavy atom. The van der Waals surface area contributed by atoms with Crippen molar-refractivity contribution in [3.63, 3.8) is 0 Å². The summed E-state index contributed by atoms with van der Waals surface area (Å²) in [7, 11) is 1.49. The molecule has 2 fully saturated rings. The molecule has 0 radical (unpaired) electrons. The van der Waals surface area contributed by atoms with E-state index in [4.69, 9.17) is 4.74 Å². The summed E-state index contributed by atoms with van der Waals surface area (Å²) in [5, 5.41) is 12.0. The molecule has 8 nitrogen and oxygen atoms in total. The number of aliphatic hydroxyl groups is 1. The third-order valence-corrected chi connectivity index (χ3v) is 4.94. The number of carbonyl (C=O) groups excluding carboxylic acids is 3. The van der Waals surface area contributed by atoms with Gasteiger partial charge in [-0.05, 0) is 52.9 Å². The molecule has 3 amide bonds. The van der Waals surface area contributed by atoms with Gasteiger partial charge in [-0.15, -0.1) is 0 Å². The van der Waals surface area contributed by atoms with Crippen molar-refractivity contribution in [3.05, 3.63) is 0 Å². The second-order valence-corrected chi connectivity index (χ2v) is 8.34. The van der Waals surface area contributed by atoms with E-state index >= 15 is 0 Å². The summed E-state index contributed by atoms with van der Waals surface area (Å²) in [6.07, 6.45) is 4.69. The fraction of sp³-hybridized carbons (Fsp3) is 0.850. The van der Waals surface area contributed by atoms with Gasteiger partial charge in [0.25, 0.3) is 0 Å². The normalized spacial score (nSPS) is 21.8. The maximum Gasteiger partial charge on any atom is 0.411 e. The second kappa shape index (κ2) is 10.6. The molecule has 2 N–H and O–H groups in total. The molecule has 2 rings (SSSR count). The van der Waals surface area contributed by atoms with Crippen molar-refractivity contribution < 1.29 is 24.2 Å². The van der Waals surface area contributed by atoms with Gasteiger partial charge in [-0.25, -0.2) is 4.79 Å². The van der Waals surface area contributed by atoms with Crippen molar-refractivity contribution in [3.8, 4) is 0 Å². The van der Waals surface area contributed by atoms with E-state index in [0.717, 1.165) is 25.9 Å². The molecule has 0 aromatic heterocycles. The molecule has 2 saturated heterocycles. The molecule has 2 heterocycles. The molecule has 0 spiro atoms. The number of nitrogens with zero attached hydrogens (tertiary/aromatic N) is 2. The van der Waals surface area contributed by atoms with Crippen LogP contribution in [0.4, 0.5) is 4.79 Å². The largest absolute Gasteiger partial charge is 0.444 e. The van der Waals surface area contributed by atoms with Crippen LogP contribution in [0, 0.1) is 0 Å². The zero-order valence-corrected chi connectivity index (χ0v) is 18.0. The zero-order chi connectivity index (χ0) is 21.4. The average Bonchev–Trinajstić information content (AvgIpc) is 3.30. The topological polar surface area (TPSA) is 99.2 Å². The van der Waals surface area contributed by atoms with Crippen molar-refractivity contribution in [2.24, 2.45) is 0 Å². The Balaban J connectivity index is 0.000000330. The Bertz CT molecular complexity index is 540. The van der Waals surface area contributed by atoms with Crippen molar-refractivity contribution in [1.29, 1.82) is 0 Å². The number of aliphatic hydroxyl groups excluding tert-OH is 1. The lowest BCUT2D eigenvalue weighted by Crippen LogP contribution is -2.59. The molecule has 0 bridgehead atoms. The highest BCUT2D eigenvalue weighted by molar-refractivity contribution is 5.90. The number of hydrogen-bond donors (Lipinski definition) is 2. The van der Waals surface area contributed by atoms with Gasteiger partial charge < -0.3 is 20.1 Å². The molecule has 2 aliphatic rings. The van der Waals surface area contributed by atoms with Gasteiger partial charge >= 0.3 is 6.09 Å². The number of amides is 3. The van der Waals surface area contributed by atoms with Gasteiger partial charge in [0.2, 0.25) is 11.8 Å². The first-order valence-electron chi connectivity index (χ1n) is 10.2. The van der Waals surface area contributed by atoms with E-state index in [2.05, 4.69) is 5.32 Å². The van der Waals surface area contributed by atoms with Crippen LogP contribution in [0.5, 0.6) is 0 Å². The van der Waals surface area contributed by atoms with Crippen molar-refractivity contribution in [2.75, 3.05) is 33.3 Å². The van der Waals surface area contributed by atoms with Gasteiger partial charge in [-0.2, -0.15) is 0 Å². The first-order chi connectivity index (χ1) is 13.1. The summed E-state index contributed by atoms with van der Waals surface area (Å²) in [4.78, 5) is 38.5. The predicted octanol–water partition coefficient (Wildman–Crippen LogP) is 1.90. The van der Waals surface area contributed by atoms with Crippen LogP contribution in [0.1, 0.15) is 66.2 Å². The molecule has 1 unspecified atom stereocenters. The SMILES string of the molecule is CCCC(=O)N1CCCC1.CNC(=O)C1(CO)CCCN1C(=O)OC(C)(C)C. The minimum absolute atomic E-state index is 0.347. The predicted molar refractivity (Wildman–Crippen MR) is 107 cm³/mol. The standard InChI is InChI=1S/C12H22N2O4.C8H15NO/c1-11(2,3)18-10(17)14-7-5-6-12(14,8-15)9(16)13-4;1-2-5-8(10)9-6-3-4-7-9/h15H,5-8H2,1-4H3,(H,13,16);2-7H2,1H3. The lowest BCUT2D eigenvalue weighted by Gasteiger charge is -2.36. The van der Waals surface area contributed by atoms with Crippen LogP contribution in [0.25, 0.3) is 0 Å². The van der Waals surface area contributed by atoms with Crippen LogP contribution in [0.15, 0.2) is 0 Å². The molecule has 162 valence electrons. The fourth-order valence-corrected chi connectivity index (χ4v) is 3.51. The number of rotatable bonds is 4. The van der Waals surface area contributed by atoms with Crippen molar-refractivity contribution >= 4 is 17.9 Å². The zero-order valence-electron chi connectivity index (χ0n) is 18.0. The molecule has 8 heteroatoms. The lowest BCUT2D eigenvalue weighted by molar-refractivity contribution is -0.133. The molecular weight excluding hydrogens is 362 g/mol. The smallest absolute Gasteiger partial charge is 0.411 e. The average molecular weight is 400 g/mol. The molecular formula is C20H37N3O5. The van der Waals surface area contributed by atoms with Crippen LogP contribution < -0.4 is 5.32 Å². The van der Waals surface area contributed by atoms with Crippen LogP contribution in [-0.2, 0) is 14.3 Å². The van der Waals surface area contributed by atoms with Crippen LogP contribution >= 0.6 is 0 Å². The Morgan fingerprint density at radius 3 is 2.18 bits per heavy atom. The quantitative estimate of drug-likeness (QED) is 0.752. The van der Waals surface area contributed by atoms with Gasteiger partial charge in [0.1, 0.15) is 11.1 Å². The summed E-state index contributed by atoms with van der Waals surface area (Å²) < 4.78 is 5.27. The number of nitrogens with one attached hydrogen (secondary N) is 1. The Hall–Kier alpha value is -1.83. The third kappa shape index (κ3) is 6.36. The van der Waals surface area contributed by atoms with E-state index < -0.39 is 23.8 Å². The molecule has 0 aromatic carbocycles. The summed E-state index contributed by atoms with van der Waals surface area (Å²) in [5.74, 6) is -0.00615. The molecule has 0 aliphatic carbocycles. The molecule has 1 atom stereocenters. The maximum absolute atomic E-state index is 12.1. The van der Waals surface area contributed by atoms with Crippen LogP contribution in [0.3, 0.4) is 0 Å². The van der Waals surface area contributed by atoms with E-state index in [9.17, 15) is 19.5 Å². The van der Waals surface area contributed by atoms with Gasteiger partial charge in [0.05, 0.1) is 6.61 Å². The fourth-order valence-electron chi connectivity index (χ4n) is 3.51. The lowest BCUT2D eigenvalue weighted by atomic mass is 9.96. The van der Waals surface area contributed by atoms with E-state index in [1.54, 1.807) is 20.8 Å². The van der Waals surface area contributed by atoms with Gasteiger partial charge in [-0.3, -0.25) is 14.5 Å². The Kier molecular flexibility index (Phi) is 9.20. The van der Waals surface area contributed by atoms with Crippen LogP contribution in [-0.4, -0.2) is 77.2 Å². The summed E-state index contributed by atoms with van der Waals surface area (Å²) in [5.41, 5.74) is -1.80. The Labute approximate surface area is 168 Å². The van der Waals surface area contributed by atoms with E-state index in [1.807, 2.05) is 11.8 Å². The molecule has 0 saturated carbocycles. The second-order valence-electron chi connectivity index (χ2n) is 8.34. The highest BCUT2D eigenvalue weighted by atomic mass is 16.6. The summed E-state index contributed by atoms with van der Waals surface area (Å²) in [6.45, 7) is 9.37. The highest BCUT2D eigenvalue weighted by Gasteiger charge is 2.50. The third-order valence-electron chi connectivity index (χ3n) is 4.94. The van der Waals surface area contributed by atoms with Crippen molar-refractivity contribution in [2.45, 2.75) is 77.4 Å². The Morgan fingerprint density at radius 2 is 1.71 bits per heavy atom. The first kappa shape index (κ1) is 24.2. The molecule has 2 aliphatic heterocycles. The molecule has 0 aromatic rings. The van der Waals surface area contributed by atoms with Crippen molar-refractivity contribution in [1.82, 2.24) is 15.1 Å². The highest BCUT2D eigenvalue weighted by Crippen LogP contribution is 2.31. The first-order valence-corrected chi connectivity index (χ1v) is 10.2. The number of likely N-dealkylation sites (tertiary alicyclic amines) is 2. The van der Waals surface area contributed by atoms with E-state index in [0.29, 0.717) is 25.3 Å². The van der Waals surface area contributed by atoms with Crippen LogP contribution in [0.2, 0.25) is 0 Å². The maximum atomic E-state index is 12.1. The number of carbonyl (C=O) groups is 3. The number of ether oxygens (including phenoxy) is 1. The minimum atomic E-state index is -1.18. The number of hydrogen-bond acceptors (Lipinski definition) is 5. The van der Waals surface area contributed by atoms with Gasteiger partial charge in [-0.1, -0.05) is 6.92 Å². The van der Waals surface area contributed by atoms with Gasteiger partial charge in [0, 0.05) is 33.1 Å². The van der Waals surface area contributed by atoms with E-state index in [-0.39, 0.29) is 5.91 Å². The summed E-state index contributed by atoms with van der Waals surface area (Å²) in [6, 6.07) is 0. The number of likely N-dealkylation sites (N-methyl/N-ethyl adjacent to an activating group) is 1. The van der Waals surface area contributed by atoms with E-state index in [1.165, 1.54) is 24.8 Å². The monoisotopic (exact) mass is 399 g/mol.